The Kier molecular flexibility index (Phi) is 8.36. The zero-order chi connectivity index (χ0) is 35.1. The molecule has 1 saturated heterocycles. The number of rotatable bonds is 10. The first-order valence-electron chi connectivity index (χ1n) is 17.1. The Morgan fingerprint density at radius 2 is 1.96 bits per heavy atom. The zero-order valence-electron chi connectivity index (χ0n) is 28.4. The topological polar surface area (TPSA) is 134 Å². The number of imidazole rings is 1. The third kappa shape index (κ3) is 6.25. The van der Waals surface area contributed by atoms with Crippen molar-refractivity contribution in [2.45, 2.75) is 45.3 Å². The summed E-state index contributed by atoms with van der Waals surface area (Å²) in [7, 11) is 1.70. The van der Waals surface area contributed by atoms with Gasteiger partial charge in [0.2, 0.25) is 5.88 Å². The molecule has 1 aliphatic carbocycles. The van der Waals surface area contributed by atoms with E-state index in [1.54, 1.807) is 25.3 Å². The average molecular weight is 685 g/mol. The number of hydrogen-bond acceptors (Lipinski definition) is 8. The van der Waals surface area contributed by atoms with Crippen molar-refractivity contribution >= 4 is 39.3 Å². The van der Waals surface area contributed by atoms with Gasteiger partial charge in [-0.25, -0.2) is 9.37 Å². The first-order chi connectivity index (χ1) is 24.8. The third-order valence-corrected chi connectivity index (χ3v) is 10.4. The maximum absolute atomic E-state index is 14.4. The van der Waals surface area contributed by atoms with Gasteiger partial charge in [0.05, 0.1) is 40.5 Å². The molecule has 1 atom stereocenters. The van der Waals surface area contributed by atoms with E-state index in [-0.39, 0.29) is 23.5 Å². The highest BCUT2D eigenvalue weighted by Gasteiger charge is 2.57. The van der Waals surface area contributed by atoms with Gasteiger partial charge in [0.1, 0.15) is 24.1 Å². The Morgan fingerprint density at radius 1 is 1.10 bits per heavy atom. The monoisotopic (exact) mass is 684 g/mol. The molecule has 3 aromatic heterocycles. The van der Waals surface area contributed by atoms with E-state index < -0.39 is 5.82 Å². The third-order valence-electron chi connectivity index (χ3n) is 10.4. The van der Waals surface area contributed by atoms with Crippen LogP contribution in [0, 0.1) is 29.5 Å². The van der Waals surface area contributed by atoms with Gasteiger partial charge in [0.15, 0.2) is 0 Å². The molecule has 12 heteroatoms. The van der Waals surface area contributed by atoms with Gasteiger partial charge < -0.3 is 24.3 Å². The van der Waals surface area contributed by atoms with Crippen molar-refractivity contribution in [2.24, 2.45) is 5.41 Å². The molecule has 2 N–H and O–H groups in total. The lowest BCUT2D eigenvalue weighted by Gasteiger charge is -2.34. The maximum atomic E-state index is 14.4. The number of anilines is 2. The molecule has 3 aromatic carbocycles. The summed E-state index contributed by atoms with van der Waals surface area (Å²) in [5.41, 5.74) is 5.69. The summed E-state index contributed by atoms with van der Waals surface area (Å²) in [4.78, 5) is 25.5. The van der Waals surface area contributed by atoms with Gasteiger partial charge in [-0.05, 0) is 86.2 Å². The Balaban J connectivity index is 0.954. The first kappa shape index (κ1) is 32.4. The lowest BCUT2D eigenvalue weighted by molar-refractivity contribution is 0.102. The number of benzene rings is 3. The van der Waals surface area contributed by atoms with Gasteiger partial charge in [-0.3, -0.25) is 9.89 Å². The second kappa shape index (κ2) is 13.2. The van der Waals surface area contributed by atoms with Gasteiger partial charge >= 0.3 is 0 Å². The fraction of sp³-hybridized carbons (Fsp3) is 0.308. The Bertz CT molecular complexity index is 2320. The van der Waals surface area contributed by atoms with Crippen LogP contribution in [0.2, 0.25) is 0 Å². The summed E-state index contributed by atoms with van der Waals surface area (Å²) < 4.78 is 27.9. The number of H-pyrrole nitrogens is 1. The highest BCUT2D eigenvalue weighted by atomic mass is 19.1. The minimum atomic E-state index is -0.470. The minimum Gasteiger partial charge on any atom is -0.473 e. The number of aromatic nitrogens is 5. The van der Waals surface area contributed by atoms with Crippen LogP contribution in [-0.4, -0.2) is 57.4 Å². The fourth-order valence-electron chi connectivity index (χ4n) is 7.39. The Morgan fingerprint density at radius 3 is 2.76 bits per heavy atom. The average Bonchev–Trinajstić information content (AvgIpc) is 3.52. The van der Waals surface area contributed by atoms with Crippen LogP contribution in [0.3, 0.4) is 0 Å². The number of carbonyl (C=O) groups excluding carboxylic acids is 1. The summed E-state index contributed by atoms with van der Waals surface area (Å²) in [6.07, 6.45) is 3.07. The second-order valence-electron chi connectivity index (χ2n) is 13.5. The Labute approximate surface area is 294 Å². The van der Waals surface area contributed by atoms with E-state index in [2.05, 4.69) is 25.0 Å². The molecule has 11 nitrogen and oxygen atoms in total. The standard InChI is InChI=1S/C39H37FN8O3/c1-24-29-20-28(9-11-32(29)46-45-24)42-38(49)26-8-10-33-34(19-26)48(16-17-50-2)37(43-33)30-21-39(30)12-14-47(15-13-39)35-4-3-5-36(44-35)51-23-27-7-6-25(22-41)18-31(27)40/h3-11,18-20,30H,12-17,21,23H2,1-2H3,(H,42,49)(H,45,46). The summed E-state index contributed by atoms with van der Waals surface area (Å²) in [5, 5.41) is 20.3. The lowest BCUT2D eigenvalue weighted by atomic mass is 9.90. The van der Waals surface area contributed by atoms with Crippen molar-refractivity contribution in [1.82, 2.24) is 24.7 Å². The normalized spacial score (nSPS) is 16.4. The molecule has 1 amide bonds. The predicted molar refractivity (Wildman–Crippen MR) is 191 cm³/mol. The van der Waals surface area contributed by atoms with Gasteiger partial charge in [-0.2, -0.15) is 15.3 Å². The molecule has 1 spiro atoms. The molecule has 1 unspecified atom stereocenters. The second-order valence-corrected chi connectivity index (χ2v) is 13.5. The number of nitrogens with zero attached hydrogens (tertiary/aromatic N) is 6. The molecule has 2 aliphatic rings. The number of pyridine rings is 1. The van der Waals surface area contributed by atoms with E-state index in [0.717, 1.165) is 71.6 Å². The molecule has 0 radical (unpaired) electrons. The zero-order valence-corrected chi connectivity index (χ0v) is 28.4. The molecule has 4 heterocycles. The van der Waals surface area contributed by atoms with Crippen molar-refractivity contribution in [3.8, 4) is 11.9 Å². The summed E-state index contributed by atoms with van der Waals surface area (Å²) in [5.74, 6) is 1.97. The molecule has 2 fully saturated rings. The highest BCUT2D eigenvalue weighted by molar-refractivity contribution is 6.06. The van der Waals surface area contributed by atoms with Crippen LogP contribution in [-0.2, 0) is 17.9 Å². The van der Waals surface area contributed by atoms with Crippen LogP contribution in [0.25, 0.3) is 21.9 Å². The van der Waals surface area contributed by atoms with E-state index in [1.165, 1.54) is 6.07 Å². The smallest absolute Gasteiger partial charge is 0.255 e. The number of ether oxygens (including phenoxy) is 2. The van der Waals surface area contributed by atoms with Crippen LogP contribution >= 0.6 is 0 Å². The summed E-state index contributed by atoms with van der Waals surface area (Å²) >= 11 is 0. The van der Waals surface area contributed by atoms with Gasteiger partial charge in [0.25, 0.3) is 5.91 Å². The molecular formula is C39H37FN8O3. The van der Waals surface area contributed by atoms with Crippen molar-refractivity contribution < 1.29 is 18.7 Å². The van der Waals surface area contributed by atoms with Gasteiger partial charge in [-0.1, -0.05) is 12.1 Å². The van der Waals surface area contributed by atoms with E-state index in [4.69, 9.17) is 24.7 Å². The van der Waals surface area contributed by atoms with Gasteiger partial charge in [-0.15, -0.1) is 0 Å². The molecule has 6 aromatic rings. The number of piperidine rings is 1. The number of hydrogen-bond donors (Lipinski definition) is 2. The van der Waals surface area contributed by atoms with E-state index in [9.17, 15) is 9.18 Å². The minimum absolute atomic E-state index is 0.0248. The summed E-state index contributed by atoms with van der Waals surface area (Å²) in [6.45, 7) is 4.84. The number of aromatic amines is 1. The van der Waals surface area contributed by atoms with E-state index in [1.807, 2.05) is 61.5 Å². The fourth-order valence-corrected chi connectivity index (χ4v) is 7.39. The van der Waals surface area contributed by atoms with Crippen LogP contribution < -0.4 is 15.0 Å². The number of aryl methyl sites for hydroxylation is 1. The van der Waals surface area contributed by atoms with Crippen molar-refractivity contribution in [3.05, 3.63) is 107 Å². The molecule has 0 bridgehead atoms. The molecule has 1 saturated carbocycles. The summed E-state index contributed by atoms with van der Waals surface area (Å²) in [6, 6.07) is 23.4. The van der Waals surface area contributed by atoms with Crippen LogP contribution in [0.1, 0.15) is 58.2 Å². The van der Waals surface area contributed by atoms with Gasteiger partial charge in [0, 0.05) is 60.9 Å². The molecule has 258 valence electrons. The number of amides is 1. The Hall–Kier alpha value is -5.80. The molecule has 51 heavy (non-hydrogen) atoms. The number of carbonyl (C=O) groups is 1. The van der Waals surface area contributed by atoms with E-state index >= 15 is 0 Å². The number of methoxy groups -OCH3 is 1. The molecular weight excluding hydrogens is 647 g/mol. The number of fused-ring (bicyclic) bond motifs is 2. The van der Waals surface area contributed by atoms with Crippen LogP contribution in [0.4, 0.5) is 15.9 Å². The lowest BCUT2D eigenvalue weighted by Crippen LogP contribution is -2.35. The van der Waals surface area contributed by atoms with E-state index in [0.29, 0.717) is 41.8 Å². The maximum Gasteiger partial charge on any atom is 0.255 e. The molecule has 8 rings (SSSR count). The number of nitrogens with one attached hydrogen (secondary N) is 2. The van der Waals surface area contributed by atoms with Crippen LogP contribution in [0.5, 0.6) is 5.88 Å². The number of halogens is 1. The highest BCUT2D eigenvalue weighted by Crippen LogP contribution is 2.65. The quantitative estimate of drug-likeness (QED) is 0.160. The predicted octanol–water partition coefficient (Wildman–Crippen LogP) is 6.88. The van der Waals surface area contributed by atoms with Crippen LogP contribution in [0.15, 0.2) is 72.8 Å². The van der Waals surface area contributed by atoms with Crippen molar-refractivity contribution in [2.75, 3.05) is 37.0 Å². The first-order valence-corrected chi connectivity index (χ1v) is 17.1. The SMILES string of the molecule is COCCn1c(C2CC23CCN(c2cccc(OCc4ccc(C#N)cc4F)n2)CC3)nc2ccc(C(=O)Nc3ccc4[nH]nc(C)c4c3)cc21. The number of nitriles is 1. The van der Waals surface area contributed by atoms with Crippen molar-refractivity contribution in [1.29, 1.82) is 5.26 Å². The molecule has 1 aliphatic heterocycles. The largest absolute Gasteiger partial charge is 0.473 e. The van der Waals surface area contributed by atoms with Crippen molar-refractivity contribution in [3.63, 3.8) is 0 Å².